The number of rotatable bonds is 10. The third kappa shape index (κ3) is 10.7. The van der Waals surface area contributed by atoms with Crippen molar-refractivity contribution in [3.8, 4) is 5.88 Å². The predicted octanol–water partition coefficient (Wildman–Crippen LogP) is 5.68. The summed E-state index contributed by atoms with van der Waals surface area (Å²) in [6.45, 7) is 15.3. The number of allylic oxidation sites excluding steroid dienone is 2. The van der Waals surface area contributed by atoms with E-state index in [2.05, 4.69) is 11.6 Å². The molecule has 0 radical (unpaired) electrons. The molecule has 174 valence electrons. The van der Waals surface area contributed by atoms with Crippen molar-refractivity contribution < 1.29 is 27.3 Å². The lowest BCUT2D eigenvalue weighted by molar-refractivity contribution is -0.00437. The zero-order chi connectivity index (χ0) is 23.9. The number of pyridine rings is 1. The Morgan fingerprint density at radius 1 is 1.26 bits per heavy atom. The molecule has 1 aromatic heterocycles. The second kappa shape index (κ2) is 11.0. The maximum atomic E-state index is 13.3. The number of phosphoric ester groups is 1. The second-order valence-electron chi connectivity index (χ2n) is 8.60. The quantitative estimate of drug-likeness (QED) is 0.121. The highest BCUT2D eigenvalue weighted by molar-refractivity contribution is 7.48. The molecular weight excluding hydrogens is 424 g/mol. The van der Waals surface area contributed by atoms with E-state index < -0.39 is 31.1 Å². The summed E-state index contributed by atoms with van der Waals surface area (Å²) in [6.07, 6.45) is 3.77. The summed E-state index contributed by atoms with van der Waals surface area (Å²) in [4.78, 5) is 4.97. The SMILES string of the molecule is C=C/C=C\N(COP(=O)(OC(C)(C)C)OC(C)(C)C)C(=N)[C@@H](C)Oc1cccc(F)n1. The Morgan fingerprint density at radius 2 is 1.84 bits per heavy atom. The second-order valence-corrected chi connectivity index (χ2v) is 10.1. The van der Waals surface area contributed by atoms with Gasteiger partial charge in [-0.05, 0) is 60.6 Å². The first-order valence-corrected chi connectivity index (χ1v) is 11.2. The third-order valence-corrected chi connectivity index (χ3v) is 5.18. The molecule has 1 aromatic rings. The average Bonchev–Trinajstić information content (AvgIpc) is 2.58. The van der Waals surface area contributed by atoms with Gasteiger partial charge in [0.05, 0.1) is 11.2 Å². The Labute approximate surface area is 184 Å². The zero-order valence-electron chi connectivity index (χ0n) is 19.2. The number of halogens is 1. The molecule has 0 spiro atoms. The molecule has 0 bridgehead atoms. The van der Waals surface area contributed by atoms with Gasteiger partial charge in [-0.25, -0.2) is 4.57 Å². The number of phosphoric acid groups is 1. The van der Waals surface area contributed by atoms with Crippen LogP contribution in [0, 0.1) is 11.4 Å². The lowest BCUT2D eigenvalue weighted by Gasteiger charge is -2.32. The van der Waals surface area contributed by atoms with Crippen LogP contribution < -0.4 is 4.74 Å². The monoisotopic (exact) mass is 457 g/mol. The van der Waals surface area contributed by atoms with Gasteiger partial charge in [0.25, 0.3) is 0 Å². The van der Waals surface area contributed by atoms with E-state index in [4.69, 9.17) is 23.7 Å². The largest absolute Gasteiger partial charge is 0.477 e. The number of nitrogens with one attached hydrogen (secondary N) is 1. The van der Waals surface area contributed by atoms with E-state index in [1.807, 2.05) is 0 Å². The molecule has 0 saturated carbocycles. The molecular formula is C21H33FN3O5P. The Morgan fingerprint density at radius 3 is 2.32 bits per heavy atom. The van der Waals surface area contributed by atoms with E-state index in [1.165, 1.54) is 35.4 Å². The van der Waals surface area contributed by atoms with Gasteiger partial charge in [-0.1, -0.05) is 18.7 Å². The maximum Gasteiger partial charge on any atom is 0.477 e. The summed E-state index contributed by atoms with van der Waals surface area (Å²) < 4.78 is 48.9. The van der Waals surface area contributed by atoms with Crippen molar-refractivity contribution in [3.63, 3.8) is 0 Å². The van der Waals surface area contributed by atoms with Crippen LogP contribution >= 0.6 is 7.82 Å². The van der Waals surface area contributed by atoms with Crippen LogP contribution in [0.15, 0.2) is 43.1 Å². The van der Waals surface area contributed by atoms with Crippen molar-refractivity contribution in [1.82, 2.24) is 9.88 Å². The predicted molar refractivity (Wildman–Crippen MR) is 118 cm³/mol. The highest BCUT2D eigenvalue weighted by Gasteiger charge is 2.38. The van der Waals surface area contributed by atoms with E-state index in [-0.39, 0.29) is 18.4 Å². The van der Waals surface area contributed by atoms with Crippen molar-refractivity contribution in [2.45, 2.75) is 65.8 Å². The summed E-state index contributed by atoms with van der Waals surface area (Å²) in [5, 5.41) is 8.44. The fourth-order valence-corrected chi connectivity index (χ4v) is 3.91. The Kier molecular flexibility index (Phi) is 9.57. The van der Waals surface area contributed by atoms with Gasteiger partial charge in [0, 0.05) is 12.3 Å². The molecule has 0 aliphatic rings. The normalized spacial score (nSPS) is 13.8. The molecule has 1 heterocycles. The average molecular weight is 457 g/mol. The van der Waals surface area contributed by atoms with E-state index in [1.54, 1.807) is 54.5 Å². The first-order valence-electron chi connectivity index (χ1n) is 9.74. The summed E-state index contributed by atoms with van der Waals surface area (Å²) in [5.74, 6) is -0.714. The van der Waals surface area contributed by atoms with Gasteiger partial charge < -0.3 is 9.64 Å². The molecule has 0 saturated heterocycles. The van der Waals surface area contributed by atoms with Crippen molar-refractivity contribution in [3.05, 3.63) is 49.1 Å². The molecule has 8 nitrogen and oxygen atoms in total. The van der Waals surface area contributed by atoms with Crippen LogP contribution in [0.25, 0.3) is 0 Å². The number of ether oxygens (including phenoxy) is 1. The summed E-state index contributed by atoms with van der Waals surface area (Å²) in [7, 11) is -3.99. The number of hydrogen-bond donors (Lipinski definition) is 1. The van der Waals surface area contributed by atoms with Crippen LogP contribution in [-0.2, 0) is 18.1 Å². The lowest BCUT2D eigenvalue weighted by atomic mass is 10.2. The summed E-state index contributed by atoms with van der Waals surface area (Å²) in [5.41, 5.74) is -1.59. The molecule has 1 atom stereocenters. The summed E-state index contributed by atoms with van der Waals surface area (Å²) >= 11 is 0. The number of nitrogens with zero attached hydrogens (tertiary/aromatic N) is 2. The van der Waals surface area contributed by atoms with Gasteiger partial charge in [0.2, 0.25) is 11.8 Å². The number of aromatic nitrogens is 1. The molecule has 1 rings (SSSR count). The topological polar surface area (TPSA) is 94.0 Å². The molecule has 31 heavy (non-hydrogen) atoms. The van der Waals surface area contributed by atoms with Crippen LogP contribution in [0.3, 0.4) is 0 Å². The molecule has 0 amide bonds. The fraction of sp³-hybridized carbons (Fsp3) is 0.524. The van der Waals surface area contributed by atoms with E-state index in [0.717, 1.165) is 0 Å². The lowest BCUT2D eigenvalue weighted by Crippen LogP contribution is -2.38. The highest BCUT2D eigenvalue weighted by atomic mass is 31.2. The van der Waals surface area contributed by atoms with E-state index in [9.17, 15) is 8.96 Å². The van der Waals surface area contributed by atoms with Gasteiger partial charge in [-0.2, -0.15) is 9.37 Å². The number of amidine groups is 1. The van der Waals surface area contributed by atoms with E-state index in [0.29, 0.717) is 0 Å². The molecule has 0 unspecified atom stereocenters. The van der Waals surface area contributed by atoms with Crippen molar-refractivity contribution >= 4 is 13.7 Å². The van der Waals surface area contributed by atoms with Crippen LogP contribution in [0.5, 0.6) is 5.88 Å². The summed E-state index contributed by atoms with van der Waals surface area (Å²) in [6, 6.07) is 4.13. The molecule has 10 heteroatoms. The Hall–Kier alpha value is -2.06. The smallest absolute Gasteiger partial charge is 0.466 e. The van der Waals surface area contributed by atoms with Gasteiger partial charge in [-0.3, -0.25) is 19.0 Å². The van der Waals surface area contributed by atoms with Gasteiger partial charge in [-0.15, -0.1) is 0 Å². The molecule has 0 aliphatic carbocycles. The maximum absolute atomic E-state index is 13.3. The molecule has 0 aliphatic heterocycles. The molecule has 0 aromatic carbocycles. The minimum absolute atomic E-state index is 0.0311. The van der Waals surface area contributed by atoms with Crippen molar-refractivity contribution in [2.24, 2.45) is 0 Å². The van der Waals surface area contributed by atoms with Crippen molar-refractivity contribution in [1.29, 1.82) is 5.41 Å². The van der Waals surface area contributed by atoms with Crippen LogP contribution in [-0.4, -0.2) is 39.8 Å². The Balaban J connectivity index is 3.01. The standard InChI is InChI=1S/C21H33FN3O5P/c1-9-10-14-25(19(23)16(2)28-18-13-11-12-17(22)24-18)15-27-31(26,29-20(3,4)5)30-21(6,7)8/h9-14,16,23H,1,15H2,2-8H3/b14-10-,23-19?/t16-/m1/s1. The zero-order valence-corrected chi connectivity index (χ0v) is 20.1. The van der Waals surface area contributed by atoms with Crippen molar-refractivity contribution in [2.75, 3.05) is 6.73 Å². The Bertz CT molecular complexity index is 813. The van der Waals surface area contributed by atoms with Gasteiger partial charge in [0.15, 0.2) is 6.10 Å². The minimum atomic E-state index is -3.99. The van der Waals surface area contributed by atoms with Crippen LogP contribution in [0.1, 0.15) is 48.5 Å². The molecule has 1 N–H and O–H groups in total. The third-order valence-electron chi connectivity index (χ3n) is 3.21. The van der Waals surface area contributed by atoms with Crippen LogP contribution in [0.2, 0.25) is 0 Å². The number of hydrogen-bond acceptors (Lipinski definition) is 7. The van der Waals surface area contributed by atoms with E-state index >= 15 is 0 Å². The first-order chi connectivity index (χ1) is 14.1. The fourth-order valence-electron chi connectivity index (χ4n) is 2.16. The first kappa shape index (κ1) is 27.0. The van der Waals surface area contributed by atoms with Gasteiger partial charge >= 0.3 is 7.82 Å². The van der Waals surface area contributed by atoms with Crippen LogP contribution in [0.4, 0.5) is 4.39 Å². The highest BCUT2D eigenvalue weighted by Crippen LogP contribution is 2.55. The molecule has 0 fully saturated rings. The van der Waals surface area contributed by atoms with Gasteiger partial charge in [0.1, 0.15) is 12.6 Å². The minimum Gasteiger partial charge on any atom is -0.466 e.